The number of benzene rings is 1. The van der Waals surface area contributed by atoms with Gasteiger partial charge in [0.25, 0.3) is 0 Å². The fourth-order valence-corrected chi connectivity index (χ4v) is 4.70. The van der Waals surface area contributed by atoms with Crippen LogP contribution in [0.4, 0.5) is 0 Å². The molecule has 0 aromatic heterocycles. The van der Waals surface area contributed by atoms with E-state index in [0.29, 0.717) is 31.4 Å². The zero-order valence-corrected chi connectivity index (χ0v) is 14.7. The van der Waals surface area contributed by atoms with Crippen LogP contribution in [0.2, 0.25) is 0 Å². The van der Waals surface area contributed by atoms with Gasteiger partial charge in [-0.25, -0.2) is 0 Å². The van der Waals surface area contributed by atoms with Gasteiger partial charge in [-0.1, -0.05) is 19.1 Å². The summed E-state index contributed by atoms with van der Waals surface area (Å²) in [7, 11) is 0. The van der Waals surface area contributed by atoms with Gasteiger partial charge in [-0.05, 0) is 37.4 Å². The maximum atomic E-state index is 12.5. The Bertz CT molecular complexity index is 687. The molecule has 0 radical (unpaired) electrons. The molecule has 136 valence electrons. The predicted molar refractivity (Wildman–Crippen MR) is 95.9 cm³/mol. The molecule has 1 heterocycles. The second-order valence-electron chi connectivity index (χ2n) is 7.34. The Hall–Kier alpha value is -1.85. The van der Waals surface area contributed by atoms with Gasteiger partial charge in [0.2, 0.25) is 0 Å². The summed E-state index contributed by atoms with van der Waals surface area (Å²) < 4.78 is 0. The molecule has 25 heavy (non-hydrogen) atoms. The summed E-state index contributed by atoms with van der Waals surface area (Å²) in [4.78, 5) is 14.7. The maximum Gasteiger partial charge on any atom is 0.161 e. The first-order chi connectivity index (χ1) is 11.9. The summed E-state index contributed by atoms with van der Waals surface area (Å²) in [5.41, 5.74) is 0.646. The molecule has 3 atom stereocenters. The Morgan fingerprint density at radius 3 is 2.88 bits per heavy atom. The topological polar surface area (TPSA) is 81.0 Å². The first kappa shape index (κ1) is 18.0. The molecule has 3 N–H and O–H groups in total. The predicted octanol–water partition coefficient (Wildman–Crippen LogP) is 2.27. The second-order valence-corrected chi connectivity index (χ2v) is 7.34. The highest BCUT2D eigenvalue weighted by molar-refractivity contribution is 5.81. The van der Waals surface area contributed by atoms with E-state index >= 15 is 0 Å². The SMILES string of the molecule is C=CCN1CC[C@@]2(CC(=O)CCC)c3c(ccc(O)c3O)C[C@@H]1[C@H]2O. The Labute approximate surface area is 148 Å². The third-order valence-electron chi connectivity index (χ3n) is 5.82. The molecule has 3 rings (SSSR count). The number of hydrogen-bond donors (Lipinski definition) is 3. The van der Waals surface area contributed by atoms with E-state index in [2.05, 4.69) is 11.5 Å². The number of piperidine rings is 1. The van der Waals surface area contributed by atoms with Crippen molar-refractivity contribution in [1.29, 1.82) is 0 Å². The van der Waals surface area contributed by atoms with Crippen LogP contribution in [0, 0.1) is 0 Å². The number of rotatable bonds is 6. The lowest BCUT2D eigenvalue weighted by atomic mass is 9.59. The number of aromatic hydroxyl groups is 2. The lowest BCUT2D eigenvalue weighted by Gasteiger charge is -2.54. The molecule has 0 spiro atoms. The molecule has 0 saturated carbocycles. The quantitative estimate of drug-likeness (QED) is 0.544. The molecule has 1 saturated heterocycles. The molecule has 1 aromatic carbocycles. The van der Waals surface area contributed by atoms with Crippen molar-refractivity contribution in [2.75, 3.05) is 13.1 Å². The molecular weight excluding hydrogens is 318 g/mol. The molecule has 0 amide bonds. The molecule has 5 heteroatoms. The second kappa shape index (κ2) is 6.81. The number of aliphatic hydroxyl groups is 1. The zero-order chi connectivity index (χ0) is 18.2. The molecule has 1 aromatic rings. The first-order valence-electron chi connectivity index (χ1n) is 9.03. The maximum absolute atomic E-state index is 12.5. The highest BCUT2D eigenvalue weighted by Crippen LogP contribution is 2.52. The molecule has 0 unspecified atom stereocenters. The normalized spacial score (nSPS) is 28.4. The molecular formula is C20H27NO4. The van der Waals surface area contributed by atoms with Crippen LogP contribution in [-0.2, 0) is 16.6 Å². The van der Waals surface area contributed by atoms with E-state index in [9.17, 15) is 20.1 Å². The van der Waals surface area contributed by atoms with Crippen molar-refractivity contribution in [2.45, 2.75) is 56.6 Å². The number of hydrogen-bond acceptors (Lipinski definition) is 5. The van der Waals surface area contributed by atoms with Gasteiger partial charge < -0.3 is 15.3 Å². The molecule has 1 aliphatic heterocycles. The largest absolute Gasteiger partial charge is 0.504 e. The number of Topliss-reactive ketones (excluding diaryl/α,β-unsaturated/α-hetero) is 1. The van der Waals surface area contributed by atoms with Crippen LogP contribution in [0.25, 0.3) is 0 Å². The van der Waals surface area contributed by atoms with Crippen LogP contribution in [0.3, 0.4) is 0 Å². The van der Waals surface area contributed by atoms with E-state index in [1.165, 1.54) is 6.07 Å². The number of likely N-dealkylation sites (tertiary alicyclic amines) is 1. The van der Waals surface area contributed by atoms with E-state index < -0.39 is 11.5 Å². The third kappa shape index (κ3) is 2.85. The number of phenols is 2. The van der Waals surface area contributed by atoms with E-state index in [4.69, 9.17) is 0 Å². The van der Waals surface area contributed by atoms with Crippen LogP contribution < -0.4 is 0 Å². The summed E-state index contributed by atoms with van der Waals surface area (Å²) in [5.74, 6) is -0.287. The smallest absolute Gasteiger partial charge is 0.161 e. The van der Waals surface area contributed by atoms with Crippen molar-refractivity contribution >= 4 is 5.78 Å². The lowest BCUT2D eigenvalue weighted by Crippen LogP contribution is -2.63. The van der Waals surface area contributed by atoms with Crippen molar-refractivity contribution in [2.24, 2.45) is 0 Å². The Kier molecular flexibility index (Phi) is 4.89. The number of aliphatic hydroxyl groups excluding tert-OH is 1. The molecule has 1 aliphatic carbocycles. The Morgan fingerprint density at radius 2 is 2.20 bits per heavy atom. The van der Waals surface area contributed by atoms with Crippen molar-refractivity contribution < 1.29 is 20.1 Å². The van der Waals surface area contributed by atoms with Gasteiger partial charge in [-0.15, -0.1) is 6.58 Å². The Balaban J connectivity index is 2.11. The van der Waals surface area contributed by atoms with E-state index in [1.807, 2.05) is 13.0 Å². The van der Waals surface area contributed by atoms with Crippen LogP contribution >= 0.6 is 0 Å². The van der Waals surface area contributed by atoms with E-state index in [1.54, 1.807) is 6.07 Å². The van der Waals surface area contributed by atoms with Crippen LogP contribution in [0.15, 0.2) is 24.8 Å². The molecule has 2 bridgehead atoms. The fourth-order valence-electron chi connectivity index (χ4n) is 4.70. The fraction of sp³-hybridized carbons (Fsp3) is 0.550. The summed E-state index contributed by atoms with van der Waals surface area (Å²) >= 11 is 0. The van der Waals surface area contributed by atoms with Crippen molar-refractivity contribution in [3.8, 4) is 11.5 Å². The average Bonchev–Trinajstić information content (AvgIpc) is 2.56. The summed E-state index contributed by atoms with van der Waals surface area (Å²) in [6, 6.07) is 3.18. The van der Waals surface area contributed by atoms with Crippen LogP contribution in [0.5, 0.6) is 11.5 Å². The summed E-state index contributed by atoms with van der Waals surface area (Å²) in [6.45, 7) is 7.16. The summed E-state index contributed by atoms with van der Waals surface area (Å²) in [6.07, 6.45) is 3.64. The van der Waals surface area contributed by atoms with Crippen LogP contribution in [0.1, 0.15) is 43.7 Å². The van der Waals surface area contributed by atoms with Crippen LogP contribution in [-0.4, -0.2) is 51.2 Å². The highest BCUT2D eigenvalue weighted by atomic mass is 16.3. The molecule has 1 fully saturated rings. The summed E-state index contributed by atoms with van der Waals surface area (Å²) in [5, 5.41) is 31.7. The van der Waals surface area contributed by atoms with E-state index in [0.717, 1.165) is 18.5 Å². The highest BCUT2D eigenvalue weighted by Gasteiger charge is 2.54. The monoisotopic (exact) mass is 345 g/mol. The average molecular weight is 345 g/mol. The number of ketones is 1. The Morgan fingerprint density at radius 1 is 1.44 bits per heavy atom. The van der Waals surface area contributed by atoms with Gasteiger partial charge in [0, 0.05) is 36.4 Å². The molecule has 5 nitrogen and oxygen atoms in total. The minimum absolute atomic E-state index is 0.0908. The lowest BCUT2D eigenvalue weighted by molar-refractivity contribution is -0.125. The first-order valence-corrected chi connectivity index (χ1v) is 9.03. The van der Waals surface area contributed by atoms with Gasteiger partial charge in [0.1, 0.15) is 5.78 Å². The van der Waals surface area contributed by atoms with Crippen molar-refractivity contribution in [3.63, 3.8) is 0 Å². The van der Waals surface area contributed by atoms with E-state index in [-0.39, 0.29) is 29.7 Å². The van der Waals surface area contributed by atoms with Gasteiger partial charge >= 0.3 is 0 Å². The number of carbonyl (C=O) groups is 1. The van der Waals surface area contributed by atoms with Crippen molar-refractivity contribution in [3.05, 3.63) is 35.9 Å². The van der Waals surface area contributed by atoms with Gasteiger partial charge in [0.15, 0.2) is 11.5 Å². The number of phenolic OH excluding ortho intramolecular Hbond substituents is 2. The minimum atomic E-state index is -0.828. The minimum Gasteiger partial charge on any atom is -0.504 e. The van der Waals surface area contributed by atoms with Crippen molar-refractivity contribution in [1.82, 2.24) is 4.90 Å². The number of fused-ring (bicyclic) bond motifs is 4. The van der Waals surface area contributed by atoms with Gasteiger partial charge in [-0.2, -0.15) is 0 Å². The number of nitrogens with zero attached hydrogens (tertiary/aromatic N) is 1. The van der Waals surface area contributed by atoms with Gasteiger partial charge in [-0.3, -0.25) is 9.69 Å². The zero-order valence-electron chi connectivity index (χ0n) is 14.7. The standard InChI is InChI=1S/C20H27NO4/c1-3-5-14(22)12-20-8-10-21(9-4-2)15(19(20)25)11-13-6-7-16(23)18(24)17(13)20/h4,6-7,15,19,23-25H,2-3,5,8-12H2,1H3/t15-,19-,20-/m1/s1. The third-order valence-corrected chi connectivity index (χ3v) is 5.82. The van der Waals surface area contributed by atoms with Gasteiger partial charge in [0.05, 0.1) is 6.10 Å². The molecule has 2 aliphatic rings. The number of carbonyl (C=O) groups excluding carboxylic acids is 1.